The van der Waals surface area contributed by atoms with Gasteiger partial charge in [-0.15, -0.1) is 11.3 Å². The van der Waals surface area contributed by atoms with Gasteiger partial charge in [0.1, 0.15) is 0 Å². The quantitative estimate of drug-likeness (QED) is 0.913. The fourth-order valence-electron chi connectivity index (χ4n) is 1.10. The van der Waals surface area contributed by atoms with Gasteiger partial charge in [0.2, 0.25) is 5.95 Å². The molecule has 2 rings (SSSR count). The number of methoxy groups -OCH3 is 1. The van der Waals surface area contributed by atoms with Crippen molar-refractivity contribution in [1.82, 2.24) is 15.0 Å². The van der Waals surface area contributed by atoms with E-state index in [1.165, 1.54) is 18.4 Å². The van der Waals surface area contributed by atoms with Crippen LogP contribution in [0.1, 0.15) is 0 Å². The van der Waals surface area contributed by atoms with Crippen LogP contribution in [0.2, 0.25) is 4.34 Å². The molecule has 0 aromatic carbocycles. The highest BCUT2D eigenvalue weighted by Gasteiger charge is 2.09. The van der Waals surface area contributed by atoms with Crippen LogP contribution in [-0.4, -0.2) is 29.1 Å². The van der Waals surface area contributed by atoms with Gasteiger partial charge in [-0.2, -0.15) is 15.0 Å². The van der Waals surface area contributed by atoms with Gasteiger partial charge in [-0.05, 0) is 12.1 Å². The summed E-state index contributed by atoms with van der Waals surface area (Å²) in [5.41, 5.74) is 0. The molecule has 7 heteroatoms. The monoisotopic (exact) mass is 256 g/mol. The maximum atomic E-state index is 5.86. The van der Waals surface area contributed by atoms with Gasteiger partial charge in [0.25, 0.3) is 0 Å². The van der Waals surface area contributed by atoms with E-state index in [-0.39, 0.29) is 6.01 Å². The fraction of sp³-hybridized carbons (Fsp3) is 0.222. The van der Waals surface area contributed by atoms with Crippen molar-refractivity contribution in [3.8, 4) is 16.7 Å². The summed E-state index contributed by atoms with van der Waals surface area (Å²) in [5.74, 6) is 1.01. The number of nitrogens with zero attached hydrogens (tertiary/aromatic N) is 3. The van der Waals surface area contributed by atoms with Crippen LogP contribution < -0.4 is 10.1 Å². The van der Waals surface area contributed by atoms with Crippen LogP contribution in [0.3, 0.4) is 0 Å². The summed E-state index contributed by atoms with van der Waals surface area (Å²) in [4.78, 5) is 13.3. The number of thiophene rings is 1. The zero-order chi connectivity index (χ0) is 11.5. The maximum absolute atomic E-state index is 5.86. The summed E-state index contributed by atoms with van der Waals surface area (Å²) in [5, 5.41) is 2.85. The smallest absolute Gasteiger partial charge is 0.321 e. The molecule has 1 N–H and O–H groups in total. The van der Waals surface area contributed by atoms with Gasteiger partial charge in [0, 0.05) is 7.05 Å². The lowest BCUT2D eigenvalue weighted by Crippen LogP contribution is -2.02. The second-order valence-electron chi connectivity index (χ2n) is 2.82. The number of hydrogen-bond acceptors (Lipinski definition) is 6. The first kappa shape index (κ1) is 11.1. The molecular formula is C9H9ClN4OS. The molecular weight excluding hydrogens is 248 g/mol. The number of anilines is 1. The van der Waals surface area contributed by atoms with E-state index in [1.54, 1.807) is 13.1 Å². The van der Waals surface area contributed by atoms with Crippen LogP contribution in [-0.2, 0) is 0 Å². The number of hydrogen-bond donors (Lipinski definition) is 1. The molecule has 0 amide bonds. The number of nitrogens with one attached hydrogen (secondary N) is 1. The molecule has 0 aliphatic rings. The molecule has 2 heterocycles. The molecule has 16 heavy (non-hydrogen) atoms. The van der Waals surface area contributed by atoms with Crippen molar-refractivity contribution in [2.24, 2.45) is 0 Å². The summed E-state index contributed by atoms with van der Waals surface area (Å²) in [6, 6.07) is 3.94. The van der Waals surface area contributed by atoms with Crippen molar-refractivity contribution in [2.45, 2.75) is 0 Å². The molecule has 0 unspecified atom stereocenters. The van der Waals surface area contributed by atoms with Crippen LogP contribution in [0.25, 0.3) is 10.7 Å². The minimum Gasteiger partial charge on any atom is -0.467 e. The van der Waals surface area contributed by atoms with E-state index in [4.69, 9.17) is 16.3 Å². The first-order valence-corrected chi connectivity index (χ1v) is 5.66. The molecule has 0 saturated carbocycles. The van der Waals surface area contributed by atoms with E-state index in [9.17, 15) is 0 Å². The van der Waals surface area contributed by atoms with Crippen LogP contribution in [0, 0.1) is 0 Å². The molecule has 0 spiro atoms. The van der Waals surface area contributed by atoms with E-state index in [2.05, 4.69) is 20.3 Å². The van der Waals surface area contributed by atoms with Crippen molar-refractivity contribution in [1.29, 1.82) is 0 Å². The Balaban J connectivity index is 2.47. The molecule has 0 aliphatic carbocycles. The first-order valence-electron chi connectivity index (χ1n) is 4.46. The zero-order valence-electron chi connectivity index (χ0n) is 8.69. The Hall–Kier alpha value is -1.40. The van der Waals surface area contributed by atoms with Gasteiger partial charge >= 0.3 is 6.01 Å². The van der Waals surface area contributed by atoms with E-state index in [0.29, 0.717) is 16.1 Å². The van der Waals surface area contributed by atoms with Gasteiger partial charge in [0.15, 0.2) is 5.82 Å². The van der Waals surface area contributed by atoms with Gasteiger partial charge < -0.3 is 10.1 Å². The number of rotatable bonds is 3. The Morgan fingerprint density at radius 2 is 2.12 bits per heavy atom. The second kappa shape index (κ2) is 4.63. The van der Waals surface area contributed by atoms with Gasteiger partial charge in [0.05, 0.1) is 16.3 Å². The summed E-state index contributed by atoms with van der Waals surface area (Å²) in [6.45, 7) is 0. The second-order valence-corrected chi connectivity index (χ2v) is 4.54. The minimum absolute atomic E-state index is 0.277. The first-order chi connectivity index (χ1) is 7.72. The number of halogens is 1. The van der Waals surface area contributed by atoms with Crippen molar-refractivity contribution in [3.63, 3.8) is 0 Å². The van der Waals surface area contributed by atoms with Crippen molar-refractivity contribution in [3.05, 3.63) is 16.5 Å². The third-order valence-corrected chi connectivity index (χ3v) is 3.04. The largest absolute Gasteiger partial charge is 0.467 e. The van der Waals surface area contributed by atoms with Gasteiger partial charge in [-0.25, -0.2) is 0 Å². The minimum atomic E-state index is 0.277. The number of ether oxygens (including phenoxy) is 1. The summed E-state index contributed by atoms with van der Waals surface area (Å²) in [7, 11) is 3.25. The van der Waals surface area contributed by atoms with E-state index < -0.39 is 0 Å². The fourth-order valence-corrected chi connectivity index (χ4v) is 2.08. The standard InChI is InChI=1S/C9H9ClN4OS/c1-11-8-12-7(13-9(14-8)15-2)5-3-4-6(10)16-5/h3-4H,1-2H3,(H,11,12,13,14). The van der Waals surface area contributed by atoms with Crippen molar-refractivity contribution >= 4 is 28.9 Å². The summed E-state index contributed by atoms with van der Waals surface area (Å²) >= 11 is 7.27. The van der Waals surface area contributed by atoms with Crippen LogP contribution in [0.15, 0.2) is 12.1 Å². The molecule has 84 valence electrons. The highest BCUT2D eigenvalue weighted by atomic mass is 35.5. The van der Waals surface area contributed by atoms with Crippen molar-refractivity contribution < 1.29 is 4.74 Å². The predicted octanol–water partition coefficient (Wildman–Crippen LogP) is 2.30. The lowest BCUT2D eigenvalue weighted by atomic mass is 10.4. The molecule has 2 aromatic rings. The topological polar surface area (TPSA) is 59.9 Å². The molecule has 0 bridgehead atoms. The molecule has 0 aliphatic heterocycles. The Morgan fingerprint density at radius 3 is 2.69 bits per heavy atom. The van der Waals surface area contributed by atoms with Crippen LogP contribution in [0.5, 0.6) is 6.01 Å². The Labute approximate surface area is 101 Å². The Morgan fingerprint density at radius 1 is 1.31 bits per heavy atom. The molecule has 5 nitrogen and oxygen atoms in total. The summed E-state index contributed by atoms with van der Waals surface area (Å²) in [6.07, 6.45) is 0. The zero-order valence-corrected chi connectivity index (χ0v) is 10.3. The average molecular weight is 257 g/mol. The SMILES string of the molecule is CNc1nc(OC)nc(-c2ccc(Cl)s2)n1. The van der Waals surface area contributed by atoms with Crippen molar-refractivity contribution in [2.75, 3.05) is 19.5 Å². The van der Waals surface area contributed by atoms with E-state index in [0.717, 1.165) is 4.88 Å². The lowest BCUT2D eigenvalue weighted by molar-refractivity contribution is 0.379. The highest BCUT2D eigenvalue weighted by molar-refractivity contribution is 7.19. The van der Waals surface area contributed by atoms with E-state index in [1.807, 2.05) is 6.07 Å². The van der Waals surface area contributed by atoms with Gasteiger partial charge in [-0.3, -0.25) is 0 Å². The van der Waals surface area contributed by atoms with Crippen LogP contribution in [0.4, 0.5) is 5.95 Å². The lowest BCUT2D eigenvalue weighted by Gasteiger charge is -2.03. The normalized spacial score (nSPS) is 10.2. The molecule has 2 aromatic heterocycles. The molecule has 0 atom stereocenters. The molecule has 0 radical (unpaired) electrons. The average Bonchev–Trinajstić information content (AvgIpc) is 2.75. The summed E-state index contributed by atoms with van der Waals surface area (Å²) < 4.78 is 5.69. The predicted molar refractivity (Wildman–Crippen MR) is 64.2 cm³/mol. The van der Waals surface area contributed by atoms with Crippen LogP contribution >= 0.6 is 22.9 Å². The Bertz CT molecular complexity index is 480. The van der Waals surface area contributed by atoms with Gasteiger partial charge in [-0.1, -0.05) is 11.6 Å². The van der Waals surface area contributed by atoms with E-state index >= 15 is 0 Å². The Kier molecular flexibility index (Phi) is 3.21. The maximum Gasteiger partial charge on any atom is 0.321 e. The third-order valence-electron chi connectivity index (χ3n) is 1.81. The highest BCUT2D eigenvalue weighted by Crippen LogP contribution is 2.29. The third kappa shape index (κ3) is 2.23. The molecule has 0 saturated heterocycles. The number of aromatic nitrogens is 3. The molecule has 0 fully saturated rings.